The summed E-state index contributed by atoms with van der Waals surface area (Å²) in [5.74, 6) is -0.419. The fraction of sp³-hybridized carbons (Fsp3) is 0.280. The molecule has 6 nitrogen and oxygen atoms in total. The van der Waals surface area contributed by atoms with Crippen molar-refractivity contribution in [1.82, 2.24) is 4.72 Å². The van der Waals surface area contributed by atoms with E-state index >= 15 is 0 Å². The third-order valence-electron chi connectivity index (χ3n) is 5.77. The number of β-amino-alcohol motifs (C(OH)–C–C–N with tert-alkyl or cyclic N) is 1. The standard InChI is InChI=1S/C25H26F3N3O3S/c1-29-35(33,22-14-12-21(13-15-22)34-25(26,27)28)30-16-20(32)17-31-23-8-4-2-6-18(23)10-11-19-7-3-5-9-24(19)31/h2-9,12-15,20,32H,10-11,16-17H2,1H3,(H,29,30,33)/t20-,35?/m1/s1. The van der Waals surface area contributed by atoms with Crippen LogP contribution < -0.4 is 14.4 Å². The molecule has 0 bridgehead atoms. The van der Waals surface area contributed by atoms with Crippen LogP contribution in [0.2, 0.25) is 0 Å². The van der Waals surface area contributed by atoms with Crippen LogP contribution in [-0.2, 0) is 22.8 Å². The molecular weight excluding hydrogens is 479 g/mol. The lowest BCUT2D eigenvalue weighted by molar-refractivity contribution is -0.274. The summed E-state index contributed by atoms with van der Waals surface area (Å²) in [5, 5.41) is 10.9. The van der Waals surface area contributed by atoms with Gasteiger partial charge in [-0.3, -0.25) is 0 Å². The predicted molar refractivity (Wildman–Crippen MR) is 129 cm³/mol. The molecule has 10 heteroatoms. The number of hydrogen-bond donors (Lipinski definition) is 2. The Morgan fingerprint density at radius 1 is 1.00 bits per heavy atom. The first-order valence-electron chi connectivity index (χ1n) is 11.1. The van der Waals surface area contributed by atoms with Gasteiger partial charge in [-0.15, -0.1) is 13.2 Å². The van der Waals surface area contributed by atoms with Crippen molar-refractivity contribution < 1.29 is 27.2 Å². The molecule has 1 unspecified atom stereocenters. The molecule has 1 aliphatic rings. The second-order valence-electron chi connectivity index (χ2n) is 8.10. The van der Waals surface area contributed by atoms with E-state index in [1.807, 2.05) is 36.4 Å². The lowest BCUT2D eigenvalue weighted by Gasteiger charge is -2.29. The zero-order valence-electron chi connectivity index (χ0n) is 19.0. The Morgan fingerprint density at radius 3 is 2.06 bits per heavy atom. The summed E-state index contributed by atoms with van der Waals surface area (Å²) in [4.78, 5) is 2.25. The fourth-order valence-corrected chi connectivity index (χ4v) is 5.56. The first-order valence-corrected chi connectivity index (χ1v) is 12.6. The van der Waals surface area contributed by atoms with Gasteiger partial charge in [-0.2, -0.15) is 0 Å². The second kappa shape index (κ2) is 10.3. The van der Waals surface area contributed by atoms with Crippen LogP contribution in [0.25, 0.3) is 0 Å². The lowest BCUT2D eigenvalue weighted by Crippen LogP contribution is -2.38. The molecule has 3 aromatic rings. The molecular formula is C25H26F3N3O3S. The molecule has 1 heterocycles. The highest BCUT2D eigenvalue weighted by Gasteiger charge is 2.31. The van der Waals surface area contributed by atoms with Crippen LogP contribution in [-0.4, -0.2) is 41.9 Å². The molecule has 35 heavy (non-hydrogen) atoms. The van der Waals surface area contributed by atoms with E-state index in [9.17, 15) is 22.5 Å². The number of ether oxygens (including phenoxy) is 1. The number of anilines is 2. The number of benzene rings is 3. The number of alkyl halides is 3. The number of halogens is 3. The third-order valence-corrected chi connectivity index (χ3v) is 7.75. The number of nitrogens with zero attached hydrogens (tertiary/aromatic N) is 2. The first-order chi connectivity index (χ1) is 16.7. The minimum atomic E-state index is -4.81. The summed E-state index contributed by atoms with van der Waals surface area (Å²) >= 11 is 0. The summed E-state index contributed by atoms with van der Waals surface area (Å²) < 4.78 is 61.2. The largest absolute Gasteiger partial charge is 0.573 e. The maximum absolute atomic E-state index is 13.3. The SMILES string of the molecule is CN=S(=O)(NC[C@@H](O)CN1c2ccccc2CCc2ccccc21)c1ccc(OC(F)(F)F)cc1. The van der Waals surface area contributed by atoms with Gasteiger partial charge in [0.15, 0.2) is 0 Å². The van der Waals surface area contributed by atoms with Crippen LogP contribution in [0.5, 0.6) is 5.75 Å². The summed E-state index contributed by atoms with van der Waals surface area (Å²) in [6.45, 7) is 0.205. The fourth-order valence-electron chi connectivity index (χ4n) is 4.13. The van der Waals surface area contributed by atoms with Crippen molar-refractivity contribution in [3.63, 3.8) is 0 Å². The Labute approximate surface area is 202 Å². The van der Waals surface area contributed by atoms with Crippen molar-refractivity contribution in [2.75, 3.05) is 25.0 Å². The van der Waals surface area contributed by atoms with Gasteiger partial charge >= 0.3 is 6.36 Å². The van der Waals surface area contributed by atoms with Crippen molar-refractivity contribution in [2.45, 2.75) is 30.2 Å². The topological polar surface area (TPSA) is 74.2 Å². The Bertz CT molecular complexity index is 1240. The Morgan fingerprint density at radius 2 is 1.54 bits per heavy atom. The lowest BCUT2D eigenvalue weighted by atomic mass is 10.0. The molecule has 0 saturated carbocycles. The third kappa shape index (κ3) is 5.95. The van der Waals surface area contributed by atoms with E-state index in [0.29, 0.717) is 0 Å². The minimum Gasteiger partial charge on any atom is -0.406 e. The van der Waals surface area contributed by atoms with Crippen LogP contribution in [0.1, 0.15) is 11.1 Å². The smallest absolute Gasteiger partial charge is 0.406 e. The highest BCUT2D eigenvalue weighted by Crippen LogP contribution is 2.36. The number of rotatable bonds is 7. The highest BCUT2D eigenvalue weighted by molar-refractivity contribution is 7.91. The van der Waals surface area contributed by atoms with Crippen LogP contribution in [0.3, 0.4) is 0 Å². The Kier molecular flexibility index (Phi) is 7.34. The van der Waals surface area contributed by atoms with Crippen molar-refractivity contribution >= 4 is 21.3 Å². The molecule has 4 rings (SSSR count). The second-order valence-corrected chi connectivity index (χ2v) is 10.3. The number of aliphatic hydroxyl groups excluding tert-OH is 1. The number of para-hydroxylation sites is 2. The van der Waals surface area contributed by atoms with Gasteiger partial charge in [0.1, 0.15) is 15.7 Å². The van der Waals surface area contributed by atoms with E-state index in [4.69, 9.17) is 0 Å². The molecule has 3 aromatic carbocycles. The molecule has 2 atom stereocenters. The van der Waals surface area contributed by atoms with Gasteiger partial charge in [0.05, 0.1) is 17.5 Å². The molecule has 2 N–H and O–H groups in total. The minimum absolute atomic E-state index is 0.0438. The molecule has 0 amide bonds. The van der Waals surface area contributed by atoms with E-state index in [0.717, 1.165) is 36.3 Å². The molecule has 0 aliphatic carbocycles. The van der Waals surface area contributed by atoms with Gasteiger partial charge in [-0.25, -0.2) is 13.3 Å². The van der Waals surface area contributed by atoms with Gasteiger partial charge in [-0.05, 0) is 60.4 Å². The highest BCUT2D eigenvalue weighted by atomic mass is 32.2. The molecule has 0 fully saturated rings. The van der Waals surface area contributed by atoms with E-state index in [1.54, 1.807) is 0 Å². The Balaban J connectivity index is 1.50. The Hall–Kier alpha value is -3.08. The van der Waals surface area contributed by atoms with Gasteiger partial charge in [0.25, 0.3) is 0 Å². The van der Waals surface area contributed by atoms with Crippen molar-refractivity contribution in [1.29, 1.82) is 0 Å². The van der Waals surface area contributed by atoms with E-state index < -0.39 is 28.1 Å². The van der Waals surface area contributed by atoms with E-state index in [2.05, 4.69) is 30.9 Å². The van der Waals surface area contributed by atoms with Crippen molar-refractivity contribution in [3.05, 3.63) is 83.9 Å². The summed E-state index contributed by atoms with van der Waals surface area (Å²) in [7, 11) is -1.82. The van der Waals surface area contributed by atoms with Gasteiger partial charge in [-0.1, -0.05) is 36.4 Å². The zero-order valence-corrected chi connectivity index (χ0v) is 19.9. The van der Waals surface area contributed by atoms with Crippen LogP contribution in [0, 0.1) is 0 Å². The van der Waals surface area contributed by atoms with Gasteiger partial charge in [0, 0.05) is 25.0 Å². The predicted octanol–water partition coefficient (Wildman–Crippen LogP) is 4.84. The average molecular weight is 506 g/mol. The molecule has 1 aliphatic heterocycles. The molecule has 186 valence electrons. The average Bonchev–Trinajstić information content (AvgIpc) is 2.99. The monoisotopic (exact) mass is 505 g/mol. The number of aryl methyl sites for hydroxylation is 2. The first kappa shape index (κ1) is 25.0. The number of nitrogens with one attached hydrogen (secondary N) is 1. The van der Waals surface area contributed by atoms with Crippen molar-refractivity contribution in [3.8, 4) is 5.75 Å². The van der Waals surface area contributed by atoms with Crippen LogP contribution >= 0.6 is 0 Å². The van der Waals surface area contributed by atoms with Crippen molar-refractivity contribution in [2.24, 2.45) is 4.36 Å². The zero-order chi connectivity index (χ0) is 25.1. The number of hydrogen-bond acceptors (Lipinski definition) is 5. The molecule has 0 spiro atoms. The van der Waals surface area contributed by atoms with Gasteiger partial charge in [0.2, 0.25) is 0 Å². The van der Waals surface area contributed by atoms with E-state index in [1.165, 1.54) is 30.3 Å². The molecule has 0 saturated heterocycles. The quantitative estimate of drug-likeness (QED) is 0.482. The maximum Gasteiger partial charge on any atom is 0.573 e. The van der Waals surface area contributed by atoms with Crippen LogP contribution in [0.4, 0.5) is 24.5 Å². The molecule has 0 radical (unpaired) electrons. The summed E-state index contributed by atoms with van der Waals surface area (Å²) in [6, 6.07) is 20.8. The number of aliphatic hydroxyl groups is 1. The van der Waals surface area contributed by atoms with E-state index in [-0.39, 0.29) is 18.0 Å². The molecule has 0 aromatic heterocycles. The maximum atomic E-state index is 13.3. The normalized spacial score (nSPS) is 15.9. The summed E-state index contributed by atoms with van der Waals surface area (Å²) in [6.07, 6.45) is -3.96. The number of fused-ring (bicyclic) bond motifs is 2. The van der Waals surface area contributed by atoms with Crippen LogP contribution in [0.15, 0.2) is 82.1 Å². The summed E-state index contributed by atoms with van der Waals surface area (Å²) in [5.41, 5.74) is 4.38. The van der Waals surface area contributed by atoms with Gasteiger partial charge < -0.3 is 14.7 Å².